The summed E-state index contributed by atoms with van der Waals surface area (Å²) in [6.07, 6.45) is 12.9. The zero-order valence-electron chi connectivity index (χ0n) is 18.4. The fourth-order valence-electron chi connectivity index (χ4n) is 2.87. The van der Waals surface area contributed by atoms with E-state index >= 15 is 0 Å². The van der Waals surface area contributed by atoms with Crippen molar-refractivity contribution in [2.24, 2.45) is 0 Å². The second kappa shape index (κ2) is 18.8. The molecule has 0 amide bonds. The van der Waals surface area contributed by atoms with Crippen LogP contribution in [0.1, 0.15) is 37.8 Å². The van der Waals surface area contributed by atoms with Gasteiger partial charge in [-0.1, -0.05) is 74.5 Å². The molecule has 2 aromatic carbocycles. The molecule has 2 aromatic rings. The van der Waals surface area contributed by atoms with Crippen molar-refractivity contribution in [3.63, 3.8) is 0 Å². The Bertz CT molecular complexity index is 766. The molecule has 0 atom stereocenters. The first kappa shape index (κ1) is 33.7. The molecule has 0 bridgehead atoms. The number of rotatable bonds is 2. The maximum absolute atomic E-state index is 3.29. The first-order valence-electron chi connectivity index (χ1n) is 8.74. The van der Waals surface area contributed by atoms with Crippen LogP contribution in [0.5, 0.6) is 0 Å². The second-order valence-corrected chi connectivity index (χ2v) is 6.14. The number of allylic oxidation sites excluding steroid dienone is 8. The van der Waals surface area contributed by atoms with E-state index in [4.69, 9.17) is 0 Å². The Labute approximate surface area is 213 Å². The van der Waals surface area contributed by atoms with Crippen molar-refractivity contribution in [2.45, 2.75) is 26.7 Å². The predicted octanol–water partition coefficient (Wildman–Crippen LogP) is 7.27. The average Bonchev–Trinajstić information content (AvgIpc) is 3.34. The Kier molecular flexibility index (Phi) is 21.1. The molecule has 0 heterocycles. The summed E-state index contributed by atoms with van der Waals surface area (Å²) in [6.45, 7) is 6.14. The van der Waals surface area contributed by atoms with Crippen LogP contribution in [0.3, 0.4) is 0 Å². The molecule has 2 aliphatic rings. The molecule has 0 saturated heterocycles. The summed E-state index contributed by atoms with van der Waals surface area (Å²) in [4.78, 5) is 0. The topological polar surface area (TPSA) is 0 Å². The van der Waals surface area contributed by atoms with Crippen LogP contribution in [-0.4, -0.2) is 6.88 Å². The van der Waals surface area contributed by atoms with Gasteiger partial charge in [-0.05, 0) is 11.1 Å². The van der Waals surface area contributed by atoms with Crippen LogP contribution < -0.4 is 0 Å². The van der Waals surface area contributed by atoms with Crippen LogP contribution in [0.15, 0.2) is 84.0 Å². The summed E-state index contributed by atoms with van der Waals surface area (Å²) in [5.41, 5.74) is 7.92. The van der Waals surface area contributed by atoms with Gasteiger partial charge in [-0.2, -0.15) is 0 Å². The molecular formula is C26H32Cl2SiZr-4. The molecule has 0 saturated carbocycles. The molecule has 0 aromatic heterocycles. The van der Waals surface area contributed by atoms with Gasteiger partial charge in [0, 0.05) is 0 Å². The minimum absolute atomic E-state index is 0. The molecule has 4 heteroatoms. The molecule has 0 radical (unpaired) electrons. The van der Waals surface area contributed by atoms with Gasteiger partial charge in [0.05, 0.1) is 0 Å². The Morgan fingerprint density at radius 1 is 0.633 bits per heavy atom. The molecule has 0 fully saturated rings. The second-order valence-electron chi connectivity index (χ2n) is 6.14. The van der Waals surface area contributed by atoms with Gasteiger partial charge >= 0.3 is 30.2 Å². The van der Waals surface area contributed by atoms with Gasteiger partial charge in [-0.25, -0.2) is 23.3 Å². The molecule has 4 rings (SSSR count). The number of benzene rings is 2. The molecule has 2 aliphatic carbocycles. The van der Waals surface area contributed by atoms with E-state index < -0.39 is 0 Å². The first-order chi connectivity index (χ1) is 12.7. The third kappa shape index (κ3) is 10.9. The van der Waals surface area contributed by atoms with E-state index in [1.165, 1.54) is 33.4 Å². The van der Waals surface area contributed by atoms with Crippen molar-refractivity contribution < 1.29 is 23.3 Å². The van der Waals surface area contributed by atoms with Gasteiger partial charge in [0.2, 0.25) is 0 Å². The van der Waals surface area contributed by atoms with Crippen LogP contribution in [0.4, 0.5) is 0 Å². The number of hydrogen-bond donors (Lipinski definition) is 0. The quantitative estimate of drug-likeness (QED) is 0.281. The molecular weight excluding hydrogens is 503 g/mol. The van der Waals surface area contributed by atoms with Gasteiger partial charge in [-0.15, -0.1) is 48.8 Å². The van der Waals surface area contributed by atoms with Crippen LogP contribution >= 0.6 is 24.8 Å². The van der Waals surface area contributed by atoms with Crippen molar-refractivity contribution >= 4 is 42.8 Å². The Balaban J connectivity index is -0.000000400. The van der Waals surface area contributed by atoms with E-state index in [0.717, 1.165) is 12.8 Å². The summed E-state index contributed by atoms with van der Waals surface area (Å²) in [7, 11) is 0. The van der Waals surface area contributed by atoms with E-state index in [2.05, 4.69) is 86.7 Å². The van der Waals surface area contributed by atoms with Crippen molar-refractivity contribution in [1.29, 1.82) is 0 Å². The van der Waals surface area contributed by atoms with Gasteiger partial charge in [0.1, 0.15) is 0 Å². The van der Waals surface area contributed by atoms with Crippen molar-refractivity contribution in [3.8, 4) is 0 Å². The van der Waals surface area contributed by atoms with Gasteiger partial charge in [0.25, 0.3) is 0 Å². The van der Waals surface area contributed by atoms with Crippen LogP contribution in [-0.2, 0) is 23.3 Å². The normalized spacial score (nSPS) is 12.7. The Morgan fingerprint density at radius 2 is 0.933 bits per heavy atom. The third-order valence-electron chi connectivity index (χ3n) is 4.19. The van der Waals surface area contributed by atoms with Crippen LogP contribution in [0.25, 0.3) is 11.1 Å². The average molecular weight is 535 g/mol. The summed E-state index contributed by atoms with van der Waals surface area (Å²) in [5.74, 6) is 0. The monoisotopic (exact) mass is 532 g/mol. The molecule has 30 heavy (non-hydrogen) atoms. The Morgan fingerprint density at radius 3 is 1.17 bits per heavy atom. The number of halogens is 2. The fourth-order valence-corrected chi connectivity index (χ4v) is 2.87. The fraction of sp³-hybridized carbons (Fsp3) is 0.154. The van der Waals surface area contributed by atoms with E-state index in [1.54, 1.807) is 23.3 Å². The van der Waals surface area contributed by atoms with E-state index in [1.807, 2.05) is 19.0 Å². The number of hydrogen-bond acceptors (Lipinski definition) is 0. The van der Waals surface area contributed by atoms with E-state index in [0.29, 0.717) is 0 Å². The van der Waals surface area contributed by atoms with Crippen LogP contribution in [0, 0.1) is 27.0 Å². The molecule has 0 nitrogen and oxygen atoms in total. The summed E-state index contributed by atoms with van der Waals surface area (Å²) >= 11 is 1.58. The summed E-state index contributed by atoms with van der Waals surface area (Å²) < 4.78 is 0. The standard InChI is InChI=1S/2C12H11.2CH3.2ClH.H2Si.Zr/c2*1-10-7-8-12(9-10)11-5-3-2-4-6-11;;;;;;/h2*2-6,9H,8H2,1H3;2*1H3;2*1H;1H2;/q4*-1;;;;. The molecule has 162 valence electrons. The van der Waals surface area contributed by atoms with Crippen molar-refractivity contribution in [2.75, 3.05) is 0 Å². The minimum atomic E-state index is 0. The molecule has 0 N–H and O–H groups in total. The van der Waals surface area contributed by atoms with Crippen molar-refractivity contribution in [1.82, 2.24) is 0 Å². The Hall–Kier alpha value is -0.920. The van der Waals surface area contributed by atoms with Gasteiger partial charge in [0.15, 0.2) is 0 Å². The molecule has 0 spiro atoms. The molecule has 0 aliphatic heterocycles. The SMILES string of the molecule is CC1=[C-]CC(c2ccccc2)=C1.CC1=[C-]CC(c2ccccc2)=C1.Cl.Cl.[CH3-].[CH3-].[SiH2]=[Zr]. The summed E-state index contributed by atoms with van der Waals surface area (Å²) in [5, 5.41) is 0. The summed E-state index contributed by atoms with van der Waals surface area (Å²) in [6, 6.07) is 21.0. The van der Waals surface area contributed by atoms with E-state index in [-0.39, 0.29) is 39.7 Å². The molecule has 0 unspecified atom stereocenters. The van der Waals surface area contributed by atoms with Gasteiger partial charge < -0.3 is 14.9 Å². The third-order valence-corrected chi connectivity index (χ3v) is 4.19. The maximum atomic E-state index is 3.29. The first-order valence-corrected chi connectivity index (χ1v) is 14.7. The zero-order chi connectivity index (χ0) is 18.8. The van der Waals surface area contributed by atoms with Crippen molar-refractivity contribution in [3.05, 3.63) is 122 Å². The van der Waals surface area contributed by atoms with E-state index in [9.17, 15) is 0 Å². The van der Waals surface area contributed by atoms with Gasteiger partial charge in [-0.3, -0.25) is 12.2 Å². The van der Waals surface area contributed by atoms with Crippen LogP contribution in [0.2, 0.25) is 0 Å². The zero-order valence-corrected chi connectivity index (χ0v) is 23.9. The predicted molar refractivity (Wildman–Crippen MR) is 139 cm³/mol.